The van der Waals surface area contributed by atoms with Gasteiger partial charge in [-0.05, 0) is 34.2 Å². The first-order valence-corrected chi connectivity index (χ1v) is 10.4. The highest BCUT2D eigenvalue weighted by atomic mass is 79.9. The average molecular weight is 488 g/mol. The number of H-pyrrole nitrogens is 1. The van der Waals surface area contributed by atoms with E-state index in [1.165, 1.54) is 9.58 Å². The number of hydrogen-bond donors (Lipinski definition) is 2. The third-order valence-corrected chi connectivity index (χ3v) is 5.38. The second kappa shape index (κ2) is 9.27. The fraction of sp³-hybridized carbons (Fsp3) is 0.238. The molecule has 4 rings (SSSR count). The molecule has 0 aliphatic carbocycles. The van der Waals surface area contributed by atoms with E-state index in [9.17, 15) is 14.4 Å². The van der Waals surface area contributed by atoms with Crippen molar-refractivity contribution in [3.05, 3.63) is 75.2 Å². The van der Waals surface area contributed by atoms with Gasteiger partial charge in [-0.2, -0.15) is 0 Å². The Labute approximate surface area is 185 Å². The zero-order chi connectivity index (χ0) is 21.8. The highest BCUT2D eigenvalue weighted by molar-refractivity contribution is 9.10. The van der Waals surface area contributed by atoms with Crippen LogP contribution in [0.1, 0.15) is 12.1 Å². The number of morpholine rings is 1. The minimum Gasteiger partial charge on any atom is -0.366 e. The number of halogens is 1. The van der Waals surface area contributed by atoms with E-state index in [1.54, 1.807) is 12.1 Å². The quantitative estimate of drug-likeness (QED) is 0.515. The molecule has 2 heterocycles. The molecule has 1 saturated heterocycles. The molecule has 3 aromatic rings. The molecule has 160 valence electrons. The van der Waals surface area contributed by atoms with Gasteiger partial charge in [0, 0.05) is 28.8 Å². The highest BCUT2D eigenvalue weighted by Crippen LogP contribution is 2.17. The van der Waals surface area contributed by atoms with Crippen molar-refractivity contribution in [1.82, 2.24) is 10.2 Å². The maximum Gasteiger partial charge on any atom is 0.432 e. The largest absolute Gasteiger partial charge is 0.432 e. The lowest BCUT2D eigenvalue weighted by Gasteiger charge is -2.30. The fourth-order valence-electron chi connectivity index (χ4n) is 3.30. The van der Waals surface area contributed by atoms with E-state index >= 15 is 0 Å². The number of rotatable bonds is 6. The van der Waals surface area contributed by atoms with E-state index in [4.69, 9.17) is 9.26 Å². The summed E-state index contributed by atoms with van der Waals surface area (Å²) in [5, 5.41) is 5.31. The fourth-order valence-corrected chi connectivity index (χ4v) is 3.57. The molecule has 0 saturated carbocycles. The van der Waals surface area contributed by atoms with Gasteiger partial charge in [0.2, 0.25) is 11.6 Å². The topological polar surface area (TPSA) is 109 Å². The Kier molecular flexibility index (Phi) is 6.28. The van der Waals surface area contributed by atoms with Gasteiger partial charge < -0.3 is 15.0 Å². The van der Waals surface area contributed by atoms with Gasteiger partial charge in [-0.3, -0.25) is 14.1 Å². The van der Waals surface area contributed by atoms with Crippen molar-refractivity contribution in [1.29, 1.82) is 0 Å². The molecule has 1 aromatic heterocycles. The van der Waals surface area contributed by atoms with E-state index in [1.807, 2.05) is 42.5 Å². The number of ether oxygens (including phenoxy) is 1. The van der Waals surface area contributed by atoms with Crippen LogP contribution in [0.5, 0.6) is 0 Å². The number of hydrogen-bond acceptors (Lipinski definition) is 5. The van der Waals surface area contributed by atoms with Crippen LogP contribution in [0.15, 0.2) is 68.4 Å². The minimum atomic E-state index is -0.916. The van der Waals surface area contributed by atoms with E-state index in [0.29, 0.717) is 17.9 Å². The van der Waals surface area contributed by atoms with E-state index in [0.717, 1.165) is 4.47 Å². The summed E-state index contributed by atoms with van der Waals surface area (Å²) in [6, 6.07) is 16.3. The lowest BCUT2D eigenvalue weighted by Crippen LogP contribution is -2.51. The zero-order valence-corrected chi connectivity index (χ0v) is 18.0. The molecule has 1 fully saturated rings. The molecule has 0 spiro atoms. The van der Waals surface area contributed by atoms with Crippen LogP contribution in [0, 0.1) is 0 Å². The van der Waals surface area contributed by atoms with Gasteiger partial charge in [-0.15, -0.1) is 0 Å². The van der Waals surface area contributed by atoms with Crippen LogP contribution in [-0.4, -0.2) is 41.2 Å². The summed E-state index contributed by atoms with van der Waals surface area (Å²) in [6.07, 6.45) is -1.04. The molecule has 10 heteroatoms. The number of nitrogens with one attached hydrogen (secondary N) is 2. The lowest BCUT2D eigenvalue weighted by molar-refractivity contribution is -0.678. The van der Waals surface area contributed by atoms with Crippen molar-refractivity contribution in [2.45, 2.75) is 19.1 Å². The maximum absolute atomic E-state index is 12.9. The maximum atomic E-state index is 12.9. The molecule has 1 atom stereocenters. The second-order valence-electron chi connectivity index (χ2n) is 6.98. The number of para-hydroxylation sites is 1. The smallest absolute Gasteiger partial charge is 0.366 e. The van der Waals surface area contributed by atoms with Gasteiger partial charge in [0.05, 0.1) is 13.0 Å². The van der Waals surface area contributed by atoms with Crippen molar-refractivity contribution in [2.75, 3.05) is 18.5 Å². The summed E-state index contributed by atoms with van der Waals surface area (Å²) < 4.78 is 12.9. The Morgan fingerprint density at radius 3 is 2.65 bits per heavy atom. The molecule has 2 N–H and O–H groups in total. The summed E-state index contributed by atoms with van der Waals surface area (Å²) in [5.41, 5.74) is 1.05. The number of anilines is 1. The predicted octanol–water partition coefficient (Wildman–Crippen LogP) is 1.76. The van der Waals surface area contributed by atoms with Gasteiger partial charge >= 0.3 is 11.3 Å². The Bertz CT molecular complexity index is 1130. The molecule has 1 unspecified atom stereocenters. The van der Waals surface area contributed by atoms with Crippen LogP contribution in [0.3, 0.4) is 0 Å². The van der Waals surface area contributed by atoms with Crippen LogP contribution >= 0.6 is 15.9 Å². The lowest BCUT2D eigenvalue weighted by atomic mass is 10.1. The standard InChI is InChI=1S/C21H19BrN4O5/c22-14-6-8-15(9-7-14)23-19(27)12-18-20(28)25(10-11-30-18)13-17-21(29)31-24-26(17)16-4-2-1-3-5-16/h1-9,18H,10-13H2,(H-,23,24,27,29)/p+1. The summed E-state index contributed by atoms with van der Waals surface area (Å²) >= 11 is 3.34. The summed E-state index contributed by atoms with van der Waals surface area (Å²) in [7, 11) is 0. The van der Waals surface area contributed by atoms with Crippen LogP contribution in [0.4, 0.5) is 5.69 Å². The monoisotopic (exact) mass is 487 g/mol. The molecule has 2 amide bonds. The number of carbonyl (C=O) groups excluding carboxylic acids is 2. The molecule has 9 nitrogen and oxygen atoms in total. The van der Waals surface area contributed by atoms with Gasteiger partial charge in [0.15, 0.2) is 0 Å². The van der Waals surface area contributed by atoms with E-state index in [-0.39, 0.29) is 37.1 Å². The first-order valence-electron chi connectivity index (χ1n) is 9.65. The zero-order valence-electron chi connectivity index (χ0n) is 16.4. The van der Waals surface area contributed by atoms with Crippen molar-refractivity contribution >= 4 is 33.4 Å². The van der Waals surface area contributed by atoms with Crippen LogP contribution in [-0.2, 0) is 20.9 Å². The van der Waals surface area contributed by atoms with Crippen molar-refractivity contribution in [3.8, 4) is 5.69 Å². The summed E-state index contributed by atoms with van der Waals surface area (Å²) in [6.45, 7) is 0.611. The van der Waals surface area contributed by atoms with Crippen LogP contribution < -0.4 is 15.6 Å². The number of aromatic amines is 1. The molecular formula is C21H20BrN4O5+. The SMILES string of the molecule is O=C(CC1OCCN(Cc2c(=O)o[nH][n+]2-c2ccccc2)C1=O)Nc1ccc(Br)cc1. The van der Waals surface area contributed by atoms with E-state index in [2.05, 4.69) is 26.5 Å². The number of aromatic nitrogens is 2. The Balaban J connectivity index is 1.44. The second-order valence-corrected chi connectivity index (χ2v) is 7.89. The first kappa shape index (κ1) is 21.0. The molecule has 0 radical (unpaired) electrons. The van der Waals surface area contributed by atoms with Crippen molar-refractivity contribution in [3.63, 3.8) is 0 Å². The minimum absolute atomic E-state index is 0.0355. The van der Waals surface area contributed by atoms with Crippen LogP contribution in [0.25, 0.3) is 5.69 Å². The predicted molar refractivity (Wildman–Crippen MR) is 113 cm³/mol. The number of amides is 2. The normalized spacial score (nSPS) is 16.4. The molecule has 2 aromatic carbocycles. The Morgan fingerprint density at radius 2 is 1.90 bits per heavy atom. The van der Waals surface area contributed by atoms with E-state index < -0.39 is 11.7 Å². The van der Waals surface area contributed by atoms with Gasteiger partial charge in [0.1, 0.15) is 12.6 Å². The summed E-state index contributed by atoms with van der Waals surface area (Å²) in [5.74, 6) is -0.680. The molecule has 1 aliphatic rings. The van der Waals surface area contributed by atoms with Crippen LogP contribution in [0.2, 0.25) is 0 Å². The molecule has 1 aliphatic heterocycles. The summed E-state index contributed by atoms with van der Waals surface area (Å²) in [4.78, 5) is 39.0. The van der Waals surface area contributed by atoms with Gasteiger partial charge in [-0.25, -0.2) is 4.79 Å². The number of benzene rings is 2. The number of nitrogens with zero attached hydrogens (tertiary/aromatic N) is 2. The third kappa shape index (κ3) is 4.92. The van der Waals surface area contributed by atoms with Gasteiger partial charge in [-0.1, -0.05) is 34.1 Å². The molecule has 31 heavy (non-hydrogen) atoms. The van der Waals surface area contributed by atoms with Crippen molar-refractivity contribution < 1.29 is 23.5 Å². The number of carbonyl (C=O) groups is 2. The first-order chi connectivity index (χ1) is 15.0. The van der Waals surface area contributed by atoms with Gasteiger partial charge in [0.25, 0.3) is 5.91 Å². The average Bonchev–Trinajstić information content (AvgIpc) is 3.13. The third-order valence-electron chi connectivity index (χ3n) is 4.86. The Hall–Kier alpha value is -3.24. The van der Waals surface area contributed by atoms with Crippen molar-refractivity contribution in [2.24, 2.45) is 0 Å². The molecule has 0 bridgehead atoms. The molecular weight excluding hydrogens is 468 g/mol. The Morgan fingerprint density at radius 1 is 1.16 bits per heavy atom. The highest BCUT2D eigenvalue weighted by Gasteiger charge is 2.35.